The van der Waals surface area contributed by atoms with Crippen molar-refractivity contribution in [3.63, 3.8) is 0 Å². The van der Waals surface area contributed by atoms with E-state index in [-0.39, 0.29) is 0 Å². The summed E-state index contributed by atoms with van der Waals surface area (Å²) >= 11 is 3.58. The molecule has 0 aromatic carbocycles. The van der Waals surface area contributed by atoms with Crippen molar-refractivity contribution in [1.82, 2.24) is 4.90 Å². The van der Waals surface area contributed by atoms with Crippen molar-refractivity contribution in [3.8, 4) is 0 Å². The quantitative estimate of drug-likeness (QED) is 0.695. The zero-order valence-corrected chi connectivity index (χ0v) is 14.6. The Labute approximate surface area is 137 Å². The minimum absolute atomic E-state index is 0.397. The number of nitrogens with zero attached hydrogens (tertiary/aromatic N) is 1. The van der Waals surface area contributed by atoms with Gasteiger partial charge >= 0.3 is 0 Å². The first kappa shape index (κ1) is 14.5. The van der Waals surface area contributed by atoms with Crippen LogP contribution in [0, 0.1) is 29.6 Å². The topological polar surface area (TPSA) is 20.3 Å². The van der Waals surface area contributed by atoms with Crippen LogP contribution in [0.15, 0.2) is 0 Å². The van der Waals surface area contributed by atoms with Crippen LogP contribution in [-0.2, 0) is 4.79 Å². The fourth-order valence-corrected chi connectivity index (χ4v) is 6.77. The van der Waals surface area contributed by atoms with Gasteiger partial charge in [0.1, 0.15) is 0 Å². The molecule has 1 saturated heterocycles. The van der Waals surface area contributed by atoms with E-state index in [2.05, 4.69) is 20.8 Å². The van der Waals surface area contributed by atoms with Crippen LogP contribution in [0.5, 0.6) is 0 Å². The summed E-state index contributed by atoms with van der Waals surface area (Å²) in [4.78, 5) is 15.6. The highest BCUT2D eigenvalue weighted by molar-refractivity contribution is 9.09. The van der Waals surface area contributed by atoms with E-state index >= 15 is 0 Å². The lowest BCUT2D eigenvalue weighted by molar-refractivity contribution is -0.152. The fraction of sp³-hybridized carbons (Fsp3) is 0.944. The molecular formula is C18H28BrNO. The second kappa shape index (κ2) is 5.86. The van der Waals surface area contributed by atoms with Crippen LogP contribution < -0.4 is 0 Å². The molecule has 0 N–H and O–H groups in total. The molecule has 5 fully saturated rings. The lowest BCUT2D eigenvalue weighted by Crippen LogP contribution is -2.55. The Morgan fingerprint density at radius 3 is 2.29 bits per heavy atom. The van der Waals surface area contributed by atoms with Crippen molar-refractivity contribution in [3.05, 3.63) is 0 Å². The number of likely N-dealkylation sites (tertiary alicyclic amines) is 1. The highest BCUT2D eigenvalue weighted by Gasteiger charge is 2.52. The minimum Gasteiger partial charge on any atom is -0.339 e. The van der Waals surface area contributed by atoms with E-state index in [0.29, 0.717) is 17.9 Å². The Balaban J connectivity index is 1.51. The number of carbonyl (C=O) groups excluding carboxylic acids is 1. The Morgan fingerprint density at radius 2 is 1.67 bits per heavy atom. The summed E-state index contributed by atoms with van der Waals surface area (Å²) in [5.41, 5.74) is 0. The van der Waals surface area contributed by atoms with Crippen LogP contribution in [-0.4, -0.2) is 28.7 Å². The summed E-state index contributed by atoms with van der Waals surface area (Å²) in [7, 11) is 0. The van der Waals surface area contributed by atoms with Gasteiger partial charge in [-0.05, 0) is 81.5 Å². The molecule has 0 aromatic heterocycles. The predicted octanol–water partition coefficient (Wildman–Crippen LogP) is 4.22. The molecule has 4 aliphatic carbocycles. The van der Waals surface area contributed by atoms with Gasteiger partial charge in [-0.3, -0.25) is 4.79 Å². The summed E-state index contributed by atoms with van der Waals surface area (Å²) in [5.74, 6) is 4.36. The number of piperidine rings is 1. The molecule has 1 amide bonds. The second-order valence-electron chi connectivity index (χ2n) is 8.12. The molecule has 1 aliphatic heterocycles. The molecule has 1 heterocycles. The molecule has 21 heavy (non-hydrogen) atoms. The Morgan fingerprint density at radius 1 is 1.00 bits per heavy atom. The van der Waals surface area contributed by atoms with Crippen LogP contribution in [0.1, 0.15) is 57.8 Å². The van der Waals surface area contributed by atoms with E-state index in [1.165, 1.54) is 51.4 Å². The normalized spacial score (nSPS) is 45.1. The molecule has 0 radical (unpaired) electrons. The summed E-state index contributed by atoms with van der Waals surface area (Å²) in [6.45, 7) is 1.03. The smallest absolute Gasteiger partial charge is 0.226 e. The molecule has 118 valence electrons. The van der Waals surface area contributed by atoms with E-state index in [1.54, 1.807) is 0 Å². The lowest BCUT2D eigenvalue weighted by atomic mass is 9.51. The number of hydrogen-bond acceptors (Lipinski definition) is 1. The van der Waals surface area contributed by atoms with E-state index < -0.39 is 0 Å². The number of alkyl halides is 1. The van der Waals surface area contributed by atoms with Gasteiger partial charge in [0.2, 0.25) is 5.91 Å². The number of amides is 1. The standard InChI is InChI=1S/C18H28BrNO/c19-5-4-16-3-1-2-6-20(16)18(21)17-14-8-12-7-13(10-14)11-15(17)9-12/h12-17H,1-11H2. The molecule has 1 unspecified atom stereocenters. The molecule has 1 atom stereocenters. The van der Waals surface area contributed by atoms with Gasteiger partial charge in [-0.15, -0.1) is 0 Å². The first-order valence-electron chi connectivity index (χ1n) is 9.12. The highest BCUT2D eigenvalue weighted by Crippen LogP contribution is 2.57. The van der Waals surface area contributed by atoms with Crippen molar-refractivity contribution in [1.29, 1.82) is 0 Å². The third-order valence-electron chi connectivity index (χ3n) is 6.86. The molecular weight excluding hydrogens is 326 g/mol. The van der Waals surface area contributed by atoms with E-state index in [0.717, 1.165) is 42.0 Å². The van der Waals surface area contributed by atoms with Crippen molar-refractivity contribution in [2.45, 2.75) is 63.8 Å². The average Bonchev–Trinajstić information content (AvgIpc) is 2.47. The molecule has 5 rings (SSSR count). The van der Waals surface area contributed by atoms with Gasteiger partial charge in [-0.25, -0.2) is 0 Å². The van der Waals surface area contributed by atoms with Crippen molar-refractivity contribution >= 4 is 21.8 Å². The van der Waals surface area contributed by atoms with Gasteiger partial charge in [0.25, 0.3) is 0 Å². The fourth-order valence-electron chi connectivity index (χ4n) is 6.24. The van der Waals surface area contributed by atoms with Crippen molar-refractivity contribution in [2.24, 2.45) is 29.6 Å². The van der Waals surface area contributed by atoms with Crippen LogP contribution in [0.4, 0.5) is 0 Å². The van der Waals surface area contributed by atoms with E-state index in [1.807, 2.05) is 0 Å². The number of hydrogen-bond donors (Lipinski definition) is 0. The van der Waals surface area contributed by atoms with Crippen LogP contribution in [0.2, 0.25) is 0 Å². The third kappa shape index (κ3) is 2.58. The maximum Gasteiger partial charge on any atom is 0.226 e. The van der Waals surface area contributed by atoms with Crippen molar-refractivity contribution in [2.75, 3.05) is 11.9 Å². The van der Waals surface area contributed by atoms with Gasteiger partial charge in [0.05, 0.1) is 0 Å². The summed E-state index contributed by atoms with van der Waals surface area (Å²) in [5, 5.41) is 1.03. The maximum absolute atomic E-state index is 13.3. The monoisotopic (exact) mass is 353 g/mol. The first-order chi connectivity index (χ1) is 10.3. The molecule has 0 aromatic rings. The van der Waals surface area contributed by atoms with Crippen LogP contribution in [0.3, 0.4) is 0 Å². The zero-order chi connectivity index (χ0) is 14.4. The molecule has 0 spiro atoms. The number of halogens is 1. The molecule has 2 nitrogen and oxygen atoms in total. The second-order valence-corrected chi connectivity index (χ2v) is 8.91. The van der Waals surface area contributed by atoms with Gasteiger partial charge < -0.3 is 4.90 Å². The van der Waals surface area contributed by atoms with Gasteiger partial charge in [0, 0.05) is 23.8 Å². The molecule has 4 saturated carbocycles. The lowest BCUT2D eigenvalue weighted by Gasteiger charge is -2.55. The van der Waals surface area contributed by atoms with Gasteiger partial charge in [-0.1, -0.05) is 15.9 Å². The van der Waals surface area contributed by atoms with Crippen LogP contribution >= 0.6 is 15.9 Å². The molecule has 3 heteroatoms. The highest BCUT2D eigenvalue weighted by atomic mass is 79.9. The zero-order valence-electron chi connectivity index (χ0n) is 13.0. The Hall–Kier alpha value is -0.0500. The predicted molar refractivity (Wildman–Crippen MR) is 88.3 cm³/mol. The summed E-state index contributed by atoms with van der Waals surface area (Å²) < 4.78 is 0. The maximum atomic E-state index is 13.3. The summed E-state index contributed by atoms with van der Waals surface area (Å²) in [6.07, 6.45) is 11.8. The Kier molecular flexibility index (Phi) is 4.06. The molecule has 4 bridgehead atoms. The number of rotatable bonds is 3. The minimum atomic E-state index is 0.397. The molecule has 5 aliphatic rings. The van der Waals surface area contributed by atoms with Crippen molar-refractivity contribution < 1.29 is 4.79 Å². The van der Waals surface area contributed by atoms with Crippen LogP contribution in [0.25, 0.3) is 0 Å². The van der Waals surface area contributed by atoms with E-state index in [4.69, 9.17) is 0 Å². The average molecular weight is 354 g/mol. The van der Waals surface area contributed by atoms with Gasteiger partial charge in [-0.2, -0.15) is 0 Å². The SMILES string of the molecule is O=C(C1C2CC3CC(C2)CC1C3)N1CCCCC1CCBr. The Bertz CT molecular complexity index is 380. The third-order valence-corrected chi connectivity index (χ3v) is 7.32. The van der Waals surface area contributed by atoms with Gasteiger partial charge in [0.15, 0.2) is 0 Å². The number of carbonyl (C=O) groups is 1. The largest absolute Gasteiger partial charge is 0.339 e. The summed E-state index contributed by atoms with van der Waals surface area (Å²) in [6, 6.07) is 0.516. The van der Waals surface area contributed by atoms with E-state index in [9.17, 15) is 4.79 Å². The first-order valence-corrected chi connectivity index (χ1v) is 10.2.